The second-order valence-electron chi connectivity index (χ2n) is 6.43. The minimum atomic E-state index is -3.69. The Bertz CT molecular complexity index is 1130. The topological polar surface area (TPSA) is 66.5 Å². The van der Waals surface area contributed by atoms with E-state index in [1.54, 1.807) is 41.3 Å². The van der Waals surface area contributed by atoms with Crippen LogP contribution in [0.15, 0.2) is 64.9 Å². The van der Waals surface area contributed by atoms with Crippen molar-refractivity contribution in [2.45, 2.75) is 17.1 Å². The third-order valence-corrected chi connectivity index (χ3v) is 7.63. The fraction of sp³-hybridized carbons (Fsp3) is 0.150. The smallest absolute Gasteiger partial charge is 0.271 e. The van der Waals surface area contributed by atoms with E-state index in [2.05, 4.69) is 4.72 Å². The zero-order valence-corrected chi connectivity index (χ0v) is 17.2. The first kappa shape index (κ1) is 19.0. The van der Waals surface area contributed by atoms with Gasteiger partial charge in [0, 0.05) is 23.5 Å². The molecule has 1 aliphatic rings. The Morgan fingerprint density at radius 2 is 1.86 bits per heavy atom. The number of amides is 1. The molecule has 4 rings (SSSR count). The molecule has 144 valence electrons. The summed E-state index contributed by atoms with van der Waals surface area (Å²) in [6.45, 7) is 0.638. The summed E-state index contributed by atoms with van der Waals surface area (Å²) in [7, 11) is -3.69. The van der Waals surface area contributed by atoms with Crippen molar-refractivity contribution in [2.75, 3.05) is 16.2 Å². The van der Waals surface area contributed by atoms with E-state index >= 15 is 0 Å². The van der Waals surface area contributed by atoms with Crippen LogP contribution in [0, 0.1) is 0 Å². The van der Waals surface area contributed by atoms with Crippen LogP contribution in [-0.4, -0.2) is 20.9 Å². The summed E-state index contributed by atoms with van der Waals surface area (Å²) in [6, 6.07) is 17.5. The summed E-state index contributed by atoms with van der Waals surface area (Å²) in [6.07, 6.45) is 1.61. The van der Waals surface area contributed by atoms with Gasteiger partial charge in [0.05, 0.1) is 4.34 Å². The third-order valence-electron chi connectivity index (χ3n) is 4.53. The number of sulfonamides is 1. The van der Waals surface area contributed by atoms with Gasteiger partial charge in [0.1, 0.15) is 4.21 Å². The zero-order valence-electron chi connectivity index (χ0n) is 14.8. The molecule has 0 aliphatic carbocycles. The summed E-state index contributed by atoms with van der Waals surface area (Å²) in [5.74, 6) is -0.0527. The first-order chi connectivity index (χ1) is 13.4. The Balaban J connectivity index is 1.61. The van der Waals surface area contributed by atoms with Crippen molar-refractivity contribution in [1.29, 1.82) is 0 Å². The van der Waals surface area contributed by atoms with E-state index in [0.29, 0.717) is 22.1 Å². The van der Waals surface area contributed by atoms with Crippen LogP contribution in [0.3, 0.4) is 0 Å². The predicted molar refractivity (Wildman–Crippen MR) is 113 cm³/mol. The summed E-state index contributed by atoms with van der Waals surface area (Å²) >= 11 is 6.86. The highest BCUT2D eigenvalue weighted by Gasteiger charge is 2.24. The number of rotatable bonds is 4. The number of anilines is 2. The average molecular weight is 433 g/mol. The van der Waals surface area contributed by atoms with Crippen LogP contribution < -0.4 is 9.62 Å². The first-order valence-electron chi connectivity index (χ1n) is 8.72. The number of nitrogens with one attached hydrogen (secondary N) is 1. The summed E-state index contributed by atoms with van der Waals surface area (Å²) in [4.78, 5) is 14.6. The van der Waals surface area contributed by atoms with Gasteiger partial charge in [-0.05, 0) is 60.9 Å². The minimum Gasteiger partial charge on any atom is -0.308 e. The van der Waals surface area contributed by atoms with Crippen molar-refractivity contribution in [2.24, 2.45) is 0 Å². The van der Waals surface area contributed by atoms with Crippen LogP contribution in [-0.2, 0) is 16.4 Å². The Kier molecular flexibility index (Phi) is 5.14. The fourth-order valence-corrected chi connectivity index (χ4v) is 5.79. The second-order valence-corrected chi connectivity index (χ2v) is 10.1. The predicted octanol–water partition coefficient (Wildman–Crippen LogP) is 4.80. The fourth-order valence-electron chi connectivity index (χ4n) is 3.26. The van der Waals surface area contributed by atoms with Gasteiger partial charge >= 0.3 is 0 Å². The van der Waals surface area contributed by atoms with Gasteiger partial charge in [0.2, 0.25) is 0 Å². The van der Waals surface area contributed by atoms with Gasteiger partial charge in [-0.3, -0.25) is 9.52 Å². The van der Waals surface area contributed by atoms with Crippen molar-refractivity contribution in [3.05, 3.63) is 76.1 Å². The summed E-state index contributed by atoms with van der Waals surface area (Å²) in [5, 5.41) is 0. The SMILES string of the molecule is O=C(c1ccccc1)N1CCCc2cc(NS(=O)(=O)c3ccc(Cl)s3)ccc21. The molecule has 2 aromatic carbocycles. The lowest BCUT2D eigenvalue weighted by atomic mass is 10.00. The van der Waals surface area contributed by atoms with Gasteiger partial charge in [0.15, 0.2) is 0 Å². The van der Waals surface area contributed by atoms with Gasteiger partial charge < -0.3 is 4.90 Å². The molecule has 0 saturated carbocycles. The van der Waals surface area contributed by atoms with Crippen LogP contribution in [0.4, 0.5) is 11.4 Å². The molecule has 1 amide bonds. The van der Waals surface area contributed by atoms with Crippen LogP contribution in [0.2, 0.25) is 4.34 Å². The number of thiophene rings is 1. The molecule has 0 saturated heterocycles. The average Bonchev–Trinajstić information content (AvgIpc) is 3.14. The monoisotopic (exact) mass is 432 g/mol. The van der Waals surface area contributed by atoms with Crippen LogP contribution >= 0.6 is 22.9 Å². The quantitative estimate of drug-likeness (QED) is 0.644. The molecule has 5 nitrogen and oxygen atoms in total. The first-order valence-corrected chi connectivity index (χ1v) is 11.4. The molecular weight excluding hydrogens is 416 g/mol. The molecule has 1 N–H and O–H groups in total. The highest BCUT2D eigenvalue weighted by molar-refractivity contribution is 7.94. The standard InChI is InChI=1S/C20H17ClN2O3S2/c21-18-10-11-19(27-18)28(25,26)22-16-8-9-17-15(13-16)7-4-12-23(17)20(24)14-5-2-1-3-6-14/h1-3,5-6,8-11,13,22H,4,7,12H2. The van der Waals surface area contributed by atoms with Crippen molar-refractivity contribution < 1.29 is 13.2 Å². The number of halogens is 1. The maximum absolute atomic E-state index is 12.9. The van der Waals surface area contributed by atoms with E-state index in [4.69, 9.17) is 11.6 Å². The third kappa shape index (κ3) is 3.78. The molecule has 2 heterocycles. The maximum Gasteiger partial charge on any atom is 0.271 e. The highest BCUT2D eigenvalue weighted by atomic mass is 35.5. The summed E-state index contributed by atoms with van der Waals surface area (Å²) < 4.78 is 28.2. The van der Waals surface area contributed by atoms with E-state index in [0.717, 1.165) is 35.4 Å². The van der Waals surface area contributed by atoms with Crippen molar-refractivity contribution in [3.8, 4) is 0 Å². The molecule has 0 atom stereocenters. The minimum absolute atomic E-state index is 0.0527. The van der Waals surface area contributed by atoms with Gasteiger partial charge in [-0.25, -0.2) is 8.42 Å². The van der Waals surface area contributed by atoms with E-state index in [1.165, 1.54) is 6.07 Å². The van der Waals surface area contributed by atoms with Gasteiger partial charge in [-0.1, -0.05) is 29.8 Å². The zero-order chi connectivity index (χ0) is 19.7. The molecular formula is C20H17ClN2O3S2. The number of hydrogen-bond acceptors (Lipinski definition) is 4. The maximum atomic E-state index is 12.9. The normalized spacial score (nSPS) is 13.8. The lowest BCUT2D eigenvalue weighted by Crippen LogP contribution is -2.35. The number of fused-ring (bicyclic) bond motifs is 1. The molecule has 1 aromatic heterocycles. The molecule has 0 fully saturated rings. The van der Waals surface area contributed by atoms with Gasteiger partial charge in [-0.2, -0.15) is 0 Å². The molecule has 0 spiro atoms. The summed E-state index contributed by atoms with van der Waals surface area (Å²) in [5.41, 5.74) is 2.87. The largest absolute Gasteiger partial charge is 0.308 e. The number of nitrogens with zero attached hydrogens (tertiary/aromatic N) is 1. The number of aryl methyl sites for hydroxylation is 1. The molecule has 0 radical (unpaired) electrons. The number of carbonyl (C=O) groups is 1. The molecule has 28 heavy (non-hydrogen) atoms. The van der Waals surface area contributed by atoms with E-state index < -0.39 is 10.0 Å². The molecule has 0 unspecified atom stereocenters. The van der Waals surface area contributed by atoms with Crippen molar-refractivity contribution >= 4 is 50.2 Å². The molecule has 8 heteroatoms. The lowest BCUT2D eigenvalue weighted by Gasteiger charge is -2.30. The number of benzene rings is 2. The van der Waals surface area contributed by atoms with Crippen LogP contribution in [0.25, 0.3) is 0 Å². The number of carbonyl (C=O) groups excluding carboxylic acids is 1. The lowest BCUT2D eigenvalue weighted by molar-refractivity contribution is 0.0985. The van der Waals surface area contributed by atoms with E-state index in [-0.39, 0.29) is 10.1 Å². The van der Waals surface area contributed by atoms with E-state index in [1.807, 2.05) is 18.2 Å². The second kappa shape index (κ2) is 7.58. The number of hydrogen-bond donors (Lipinski definition) is 1. The highest BCUT2D eigenvalue weighted by Crippen LogP contribution is 2.32. The molecule has 0 bridgehead atoms. The molecule has 3 aromatic rings. The molecule has 1 aliphatic heterocycles. The Morgan fingerprint density at radius 1 is 1.07 bits per heavy atom. The van der Waals surface area contributed by atoms with Crippen LogP contribution in [0.5, 0.6) is 0 Å². The van der Waals surface area contributed by atoms with Gasteiger partial charge in [-0.15, -0.1) is 11.3 Å². The van der Waals surface area contributed by atoms with Crippen LogP contribution in [0.1, 0.15) is 22.3 Å². The van der Waals surface area contributed by atoms with Crippen molar-refractivity contribution in [1.82, 2.24) is 0 Å². The Labute approximate surface area is 172 Å². The Hall–Kier alpha value is -2.35. The van der Waals surface area contributed by atoms with Crippen molar-refractivity contribution in [3.63, 3.8) is 0 Å². The van der Waals surface area contributed by atoms with Gasteiger partial charge in [0.25, 0.3) is 15.9 Å². The van der Waals surface area contributed by atoms with E-state index in [9.17, 15) is 13.2 Å². The Morgan fingerprint density at radius 3 is 2.57 bits per heavy atom.